The minimum Gasteiger partial charge on any atom is -0.463 e. The second-order valence-electron chi connectivity index (χ2n) is 10.4. The third-order valence-electron chi connectivity index (χ3n) is 7.69. The fourth-order valence-electron chi connectivity index (χ4n) is 5.47. The molecule has 218 valence electrons. The number of benzene rings is 4. The SMILES string of the molecule is CCOC(=O)C1=C(C)N(Cc2ccc(C(=O)NC(c3ccccc3)c3ccccc3)cc2)C(=O)CC1c1ccc(Cl)cc1. The Morgan fingerprint density at radius 3 is 2.02 bits per heavy atom. The fourth-order valence-corrected chi connectivity index (χ4v) is 5.59. The van der Waals surface area contributed by atoms with E-state index in [1.807, 2.05) is 84.9 Å². The minimum absolute atomic E-state index is 0.0964. The molecule has 4 aromatic carbocycles. The molecule has 1 N–H and O–H groups in total. The summed E-state index contributed by atoms with van der Waals surface area (Å²) in [6, 6.07) is 33.8. The Balaban J connectivity index is 1.36. The highest BCUT2D eigenvalue weighted by atomic mass is 35.5. The maximum atomic E-state index is 13.4. The smallest absolute Gasteiger partial charge is 0.336 e. The average Bonchev–Trinajstić information content (AvgIpc) is 3.03. The summed E-state index contributed by atoms with van der Waals surface area (Å²) in [5.41, 5.74) is 5.17. The molecule has 5 rings (SSSR count). The number of allylic oxidation sites excluding steroid dienone is 1. The first-order valence-electron chi connectivity index (χ1n) is 14.3. The molecular weight excluding hydrogens is 560 g/mol. The van der Waals surface area contributed by atoms with Gasteiger partial charge >= 0.3 is 5.97 Å². The molecule has 0 fully saturated rings. The van der Waals surface area contributed by atoms with Crippen molar-refractivity contribution in [3.8, 4) is 0 Å². The van der Waals surface area contributed by atoms with Gasteiger partial charge in [-0.3, -0.25) is 9.59 Å². The second kappa shape index (κ2) is 13.5. The van der Waals surface area contributed by atoms with Crippen molar-refractivity contribution >= 4 is 29.4 Å². The molecule has 0 aliphatic carbocycles. The highest BCUT2D eigenvalue weighted by molar-refractivity contribution is 6.30. The number of nitrogens with zero attached hydrogens (tertiary/aromatic N) is 1. The number of esters is 1. The maximum Gasteiger partial charge on any atom is 0.336 e. The number of hydrogen-bond acceptors (Lipinski definition) is 4. The van der Waals surface area contributed by atoms with E-state index in [0.717, 1.165) is 22.3 Å². The molecule has 7 heteroatoms. The van der Waals surface area contributed by atoms with Crippen LogP contribution in [0.15, 0.2) is 120 Å². The topological polar surface area (TPSA) is 75.7 Å². The van der Waals surface area contributed by atoms with Crippen molar-refractivity contribution in [3.05, 3.63) is 153 Å². The Labute approximate surface area is 256 Å². The normalized spacial score (nSPS) is 15.0. The Bertz CT molecular complexity index is 1580. The summed E-state index contributed by atoms with van der Waals surface area (Å²) in [7, 11) is 0. The molecule has 0 bridgehead atoms. The van der Waals surface area contributed by atoms with Crippen molar-refractivity contribution in [2.24, 2.45) is 0 Å². The molecule has 0 radical (unpaired) electrons. The number of halogens is 1. The van der Waals surface area contributed by atoms with Crippen molar-refractivity contribution in [2.45, 2.75) is 38.8 Å². The summed E-state index contributed by atoms with van der Waals surface area (Å²) in [5.74, 6) is -1.16. The van der Waals surface area contributed by atoms with Crippen LogP contribution in [-0.4, -0.2) is 29.3 Å². The number of hydrogen-bond donors (Lipinski definition) is 1. The largest absolute Gasteiger partial charge is 0.463 e. The van der Waals surface area contributed by atoms with Gasteiger partial charge in [0, 0.05) is 28.6 Å². The molecule has 1 unspecified atom stereocenters. The van der Waals surface area contributed by atoms with E-state index >= 15 is 0 Å². The van der Waals surface area contributed by atoms with Gasteiger partial charge in [0.2, 0.25) is 5.91 Å². The van der Waals surface area contributed by atoms with Gasteiger partial charge in [-0.2, -0.15) is 0 Å². The van der Waals surface area contributed by atoms with Crippen molar-refractivity contribution in [2.75, 3.05) is 6.61 Å². The number of rotatable bonds is 9. The molecule has 0 saturated carbocycles. The Morgan fingerprint density at radius 2 is 1.47 bits per heavy atom. The van der Waals surface area contributed by atoms with Crippen LogP contribution in [-0.2, 0) is 20.9 Å². The first kappa shape index (κ1) is 29.8. The van der Waals surface area contributed by atoms with Crippen LogP contribution in [0.25, 0.3) is 0 Å². The number of amides is 2. The molecule has 4 aromatic rings. The predicted octanol–water partition coefficient (Wildman–Crippen LogP) is 7.21. The van der Waals surface area contributed by atoms with Crippen LogP contribution in [0.2, 0.25) is 5.02 Å². The van der Waals surface area contributed by atoms with Crippen molar-refractivity contribution in [1.29, 1.82) is 0 Å². The third-order valence-corrected chi connectivity index (χ3v) is 7.94. The van der Waals surface area contributed by atoms with Gasteiger partial charge < -0.3 is 15.0 Å². The number of carbonyl (C=O) groups is 3. The number of ether oxygens (including phenoxy) is 1. The zero-order valence-corrected chi connectivity index (χ0v) is 24.9. The quantitative estimate of drug-likeness (QED) is 0.208. The maximum absolute atomic E-state index is 13.4. The Kier molecular flexibility index (Phi) is 9.38. The van der Waals surface area contributed by atoms with Crippen LogP contribution in [0.3, 0.4) is 0 Å². The molecule has 43 heavy (non-hydrogen) atoms. The molecule has 1 atom stereocenters. The highest BCUT2D eigenvalue weighted by Crippen LogP contribution is 2.38. The lowest BCUT2D eigenvalue weighted by Crippen LogP contribution is -2.38. The van der Waals surface area contributed by atoms with Gasteiger partial charge in [-0.05, 0) is 60.4 Å². The molecule has 0 aromatic heterocycles. The van der Waals surface area contributed by atoms with Crippen LogP contribution < -0.4 is 5.32 Å². The summed E-state index contributed by atoms with van der Waals surface area (Å²) in [4.78, 5) is 41.4. The summed E-state index contributed by atoms with van der Waals surface area (Å²) in [5, 5.41) is 3.75. The van der Waals surface area contributed by atoms with Crippen molar-refractivity contribution < 1.29 is 19.1 Å². The minimum atomic E-state index is -0.434. The first-order valence-corrected chi connectivity index (χ1v) is 14.7. The van der Waals surface area contributed by atoms with E-state index in [4.69, 9.17) is 16.3 Å². The fraction of sp³-hybridized carbons (Fsp3) is 0.194. The number of nitrogens with one attached hydrogen (secondary N) is 1. The second-order valence-corrected chi connectivity index (χ2v) is 10.9. The van der Waals surface area contributed by atoms with Gasteiger partial charge in [0.05, 0.1) is 24.8 Å². The lowest BCUT2D eigenvalue weighted by atomic mass is 9.83. The number of carbonyl (C=O) groups excluding carboxylic acids is 3. The monoisotopic (exact) mass is 592 g/mol. The lowest BCUT2D eigenvalue weighted by Gasteiger charge is -2.34. The van der Waals surface area contributed by atoms with Crippen LogP contribution in [0.4, 0.5) is 0 Å². The van der Waals surface area contributed by atoms with E-state index in [2.05, 4.69) is 5.32 Å². The zero-order chi connectivity index (χ0) is 30.3. The van der Waals surface area contributed by atoms with E-state index in [-0.39, 0.29) is 37.4 Å². The summed E-state index contributed by atoms with van der Waals surface area (Å²) >= 11 is 6.08. The predicted molar refractivity (Wildman–Crippen MR) is 167 cm³/mol. The average molecular weight is 593 g/mol. The zero-order valence-electron chi connectivity index (χ0n) is 24.1. The highest BCUT2D eigenvalue weighted by Gasteiger charge is 2.37. The van der Waals surface area contributed by atoms with Crippen molar-refractivity contribution in [3.63, 3.8) is 0 Å². The third kappa shape index (κ3) is 6.87. The molecular formula is C36H33ClN2O4. The molecule has 0 spiro atoms. The first-order chi connectivity index (χ1) is 20.9. The van der Waals surface area contributed by atoms with E-state index in [0.29, 0.717) is 21.9 Å². The molecule has 0 saturated heterocycles. The van der Waals surface area contributed by atoms with E-state index in [1.54, 1.807) is 43.0 Å². The van der Waals surface area contributed by atoms with Gasteiger partial charge in [-0.1, -0.05) is 96.5 Å². The Morgan fingerprint density at radius 1 is 0.884 bits per heavy atom. The summed E-state index contributed by atoms with van der Waals surface area (Å²) < 4.78 is 5.39. The lowest BCUT2D eigenvalue weighted by molar-refractivity contribution is -0.140. The molecule has 1 heterocycles. The summed E-state index contributed by atoms with van der Waals surface area (Å²) in [6.45, 7) is 4.03. The molecule has 2 amide bonds. The molecule has 1 aliphatic rings. The molecule has 6 nitrogen and oxygen atoms in total. The van der Waals surface area contributed by atoms with Gasteiger partial charge in [0.1, 0.15) is 0 Å². The van der Waals surface area contributed by atoms with Gasteiger partial charge in [0.25, 0.3) is 5.91 Å². The Hall–Kier alpha value is -4.68. The van der Waals surface area contributed by atoms with Crippen LogP contribution in [0, 0.1) is 0 Å². The standard InChI is InChI=1S/C36H33ClN2O4/c1-3-43-36(42)33-24(2)39(32(40)22-31(33)26-18-20-30(37)21-19-26)23-25-14-16-29(17-15-25)35(41)38-34(27-10-6-4-7-11-27)28-12-8-5-9-13-28/h4-21,31,34H,3,22-23H2,1-2H3,(H,38,41). The van der Waals surface area contributed by atoms with Crippen molar-refractivity contribution in [1.82, 2.24) is 10.2 Å². The van der Waals surface area contributed by atoms with Gasteiger partial charge in [0.15, 0.2) is 0 Å². The van der Waals surface area contributed by atoms with Crippen LogP contribution in [0.5, 0.6) is 0 Å². The molecule has 1 aliphatic heterocycles. The van der Waals surface area contributed by atoms with Crippen LogP contribution >= 0.6 is 11.6 Å². The van der Waals surface area contributed by atoms with E-state index < -0.39 is 11.9 Å². The van der Waals surface area contributed by atoms with Gasteiger partial charge in [-0.25, -0.2) is 4.79 Å². The van der Waals surface area contributed by atoms with E-state index in [1.165, 1.54) is 0 Å². The van der Waals surface area contributed by atoms with Gasteiger partial charge in [-0.15, -0.1) is 0 Å². The van der Waals surface area contributed by atoms with Crippen LogP contribution in [0.1, 0.15) is 64.8 Å². The van der Waals surface area contributed by atoms with E-state index in [9.17, 15) is 14.4 Å². The summed E-state index contributed by atoms with van der Waals surface area (Å²) in [6.07, 6.45) is 0.133.